The van der Waals surface area contributed by atoms with Crippen LogP contribution in [0.25, 0.3) is 0 Å². The molecule has 1 spiro atoms. The van der Waals surface area contributed by atoms with Crippen LogP contribution in [0.2, 0.25) is 0 Å². The lowest BCUT2D eigenvalue weighted by Crippen LogP contribution is -2.40. The second kappa shape index (κ2) is 4.30. The lowest BCUT2D eigenvalue weighted by molar-refractivity contribution is -0.189. The number of carbonyl (C=O) groups excluding carboxylic acids is 1. The molecular weight excluding hydrogens is 194 g/mol. The zero-order chi connectivity index (χ0) is 10.7. The summed E-state index contributed by atoms with van der Waals surface area (Å²) in [6, 6.07) is 2.08. The van der Waals surface area contributed by atoms with Gasteiger partial charge < -0.3 is 9.47 Å². The van der Waals surface area contributed by atoms with Crippen LogP contribution >= 0.6 is 0 Å². The maximum atomic E-state index is 11.6. The van der Waals surface area contributed by atoms with E-state index in [9.17, 15) is 4.79 Å². The van der Waals surface area contributed by atoms with Gasteiger partial charge >= 0.3 is 0 Å². The van der Waals surface area contributed by atoms with Gasteiger partial charge in [0.1, 0.15) is 5.78 Å². The number of nitrogens with zero attached hydrogens (tertiary/aromatic N) is 1. The zero-order valence-electron chi connectivity index (χ0n) is 8.70. The molecule has 0 radical (unpaired) electrons. The normalized spacial score (nSPS) is 29.3. The van der Waals surface area contributed by atoms with Gasteiger partial charge in [0.05, 0.1) is 19.3 Å². The maximum absolute atomic E-state index is 11.6. The molecule has 0 aromatic carbocycles. The van der Waals surface area contributed by atoms with Crippen LogP contribution in [0.4, 0.5) is 0 Å². The van der Waals surface area contributed by atoms with Crippen molar-refractivity contribution in [3.05, 3.63) is 0 Å². The van der Waals surface area contributed by atoms with E-state index in [1.165, 1.54) is 0 Å². The molecule has 1 heterocycles. The molecule has 0 N–H and O–H groups in total. The van der Waals surface area contributed by atoms with Gasteiger partial charge in [-0.2, -0.15) is 5.26 Å². The third-order valence-electron chi connectivity index (χ3n) is 3.18. The van der Waals surface area contributed by atoms with Gasteiger partial charge in [0, 0.05) is 31.6 Å². The van der Waals surface area contributed by atoms with Gasteiger partial charge in [0.25, 0.3) is 0 Å². The highest BCUT2D eigenvalue weighted by atomic mass is 16.7. The third kappa shape index (κ3) is 2.19. The molecular formula is C11H15NO3. The first kappa shape index (κ1) is 10.6. The summed E-state index contributed by atoms with van der Waals surface area (Å²) in [7, 11) is 0. The van der Waals surface area contributed by atoms with Gasteiger partial charge in [0.2, 0.25) is 0 Å². The first-order valence-electron chi connectivity index (χ1n) is 5.43. The molecule has 2 fully saturated rings. The zero-order valence-corrected chi connectivity index (χ0v) is 8.70. The van der Waals surface area contributed by atoms with E-state index >= 15 is 0 Å². The molecule has 1 saturated carbocycles. The highest BCUT2D eigenvalue weighted by Crippen LogP contribution is 2.38. The number of nitriles is 1. The summed E-state index contributed by atoms with van der Waals surface area (Å²) in [6.07, 6.45) is 2.91. The van der Waals surface area contributed by atoms with Crippen LogP contribution in [-0.2, 0) is 14.3 Å². The standard InChI is InChI=1S/C11H15NO3/c12-5-1-2-9-8-11(4-3-10(9)13)14-6-7-15-11/h9H,1-4,6-8H2. The second-order valence-electron chi connectivity index (χ2n) is 4.17. The first-order valence-corrected chi connectivity index (χ1v) is 5.43. The van der Waals surface area contributed by atoms with E-state index in [-0.39, 0.29) is 11.7 Å². The predicted molar refractivity (Wildman–Crippen MR) is 51.8 cm³/mol. The minimum atomic E-state index is -0.506. The predicted octanol–water partition coefficient (Wildman–Crippen LogP) is 1.40. The molecule has 15 heavy (non-hydrogen) atoms. The number of hydrogen-bond donors (Lipinski definition) is 0. The lowest BCUT2D eigenvalue weighted by Gasteiger charge is -2.35. The van der Waals surface area contributed by atoms with Crippen molar-refractivity contribution in [3.8, 4) is 6.07 Å². The average Bonchev–Trinajstić information content (AvgIpc) is 2.69. The summed E-state index contributed by atoms with van der Waals surface area (Å²) in [6.45, 7) is 1.25. The molecule has 2 aliphatic rings. The van der Waals surface area contributed by atoms with Crippen LogP contribution in [0.3, 0.4) is 0 Å². The molecule has 1 saturated heterocycles. The Balaban J connectivity index is 1.98. The van der Waals surface area contributed by atoms with Crippen molar-refractivity contribution in [3.63, 3.8) is 0 Å². The van der Waals surface area contributed by atoms with Crippen LogP contribution in [0.5, 0.6) is 0 Å². The molecule has 1 atom stereocenters. The van der Waals surface area contributed by atoms with Crippen LogP contribution in [0.1, 0.15) is 32.1 Å². The molecule has 0 aromatic rings. The minimum absolute atomic E-state index is 0.0449. The van der Waals surface area contributed by atoms with E-state index in [4.69, 9.17) is 14.7 Å². The monoisotopic (exact) mass is 209 g/mol. The summed E-state index contributed by atoms with van der Waals surface area (Å²) < 4.78 is 11.2. The highest BCUT2D eigenvalue weighted by molar-refractivity contribution is 5.82. The Bertz CT molecular complexity index is 289. The fourth-order valence-electron chi connectivity index (χ4n) is 2.37. The molecule has 0 aromatic heterocycles. The molecule has 0 bridgehead atoms. The number of ketones is 1. The minimum Gasteiger partial charge on any atom is -0.347 e. The van der Waals surface area contributed by atoms with Gasteiger partial charge in [-0.1, -0.05) is 0 Å². The number of carbonyl (C=O) groups is 1. The lowest BCUT2D eigenvalue weighted by atomic mass is 9.81. The summed E-state index contributed by atoms with van der Waals surface area (Å²) in [5.74, 6) is -0.292. The highest BCUT2D eigenvalue weighted by Gasteiger charge is 2.44. The van der Waals surface area contributed by atoms with Crippen LogP contribution in [0, 0.1) is 17.2 Å². The first-order chi connectivity index (χ1) is 7.26. The van der Waals surface area contributed by atoms with Crippen molar-refractivity contribution in [2.45, 2.75) is 37.9 Å². The van der Waals surface area contributed by atoms with Crippen molar-refractivity contribution >= 4 is 5.78 Å². The van der Waals surface area contributed by atoms with E-state index in [0.717, 1.165) is 0 Å². The summed E-state index contributed by atoms with van der Waals surface area (Å²) in [5, 5.41) is 8.52. The number of hydrogen-bond acceptors (Lipinski definition) is 4. The van der Waals surface area contributed by atoms with Gasteiger partial charge in [0.15, 0.2) is 5.79 Å². The van der Waals surface area contributed by atoms with E-state index in [0.29, 0.717) is 45.3 Å². The van der Waals surface area contributed by atoms with E-state index < -0.39 is 5.79 Å². The largest absolute Gasteiger partial charge is 0.347 e. The van der Waals surface area contributed by atoms with Gasteiger partial charge in [-0.15, -0.1) is 0 Å². The van der Waals surface area contributed by atoms with Crippen LogP contribution in [0.15, 0.2) is 0 Å². The molecule has 1 unspecified atom stereocenters. The summed E-state index contributed by atoms with van der Waals surface area (Å²) >= 11 is 0. The van der Waals surface area contributed by atoms with Crippen molar-refractivity contribution in [2.75, 3.05) is 13.2 Å². The summed E-state index contributed by atoms with van der Waals surface area (Å²) in [5.41, 5.74) is 0. The second-order valence-corrected chi connectivity index (χ2v) is 4.17. The molecule has 1 aliphatic heterocycles. The Morgan fingerprint density at radius 1 is 1.47 bits per heavy atom. The number of rotatable bonds is 2. The average molecular weight is 209 g/mol. The van der Waals surface area contributed by atoms with E-state index in [1.807, 2.05) is 0 Å². The molecule has 4 heteroatoms. The number of Topliss-reactive ketones (excluding diaryl/α,β-unsaturated/α-hetero) is 1. The van der Waals surface area contributed by atoms with Crippen molar-refractivity contribution in [1.29, 1.82) is 5.26 Å². The summed E-state index contributed by atoms with van der Waals surface area (Å²) in [4.78, 5) is 11.6. The number of ether oxygens (including phenoxy) is 2. The van der Waals surface area contributed by atoms with Crippen molar-refractivity contribution < 1.29 is 14.3 Å². The Labute approximate surface area is 89.2 Å². The Kier molecular flexibility index (Phi) is 3.03. The molecule has 2 rings (SSSR count). The molecule has 1 aliphatic carbocycles. The Morgan fingerprint density at radius 3 is 2.87 bits per heavy atom. The molecule has 82 valence electrons. The Morgan fingerprint density at radius 2 is 2.20 bits per heavy atom. The Hall–Kier alpha value is -0.920. The maximum Gasteiger partial charge on any atom is 0.169 e. The van der Waals surface area contributed by atoms with Crippen LogP contribution in [-0.4, -0.2) is 24.8 Å². The fraction of sp³-hybridized carbons (Fsp3) is 0.818. The fourth-order valence-corrected chi connectivity index (χ4v) is 2.37. The van der Waals surface area contributed by atoms with Gasteiger partial charge in [-0.3, -0.25) is 4.79 Å². The SMILES string of the molecule is N#CCCC1CC2(CCC1=O)OCCO2. The smallest absolute Gasteiger partial charge is 0.169 e. The molecule has 0 amide bonds. The molecule has 4 nitrogen and oxygen atoms in total. The van der Waals surface area contributed by atoms with Crippen molar-refractivity contribution in [2.24, 2.45) is 5.92 Å². The van der Waals surface area contributed by atoms with Gasteiger partial charge in [-0.25, -0.2) is 0 Å². The van der Waals surface area contributed by atoms with E-state index in [2.05, 4.69) is 6.07 Å². The van der Waals surface area contributed by atoms with Crippen LogP contribution < -0.4 is 0 Å². The third-order valence-corrected chi connectivity index (χ3v) is 3.18. The van der Waals surface area contributed by atoms with E-state index in [1.54, 1.807) is 0 Å². The quantitative estimate of drug-likeness (QED) is 0.689. The van der Waals surface area contributed by atoms with Gasteiger partial charge in [-0.05, 0) is 6.42 Å². The topological polar surface area (TPSA) is 59.3 Å². The van der Waals surface area contributed by atoms with Crippen molar-refractivity contribution in [1.82, 2.24) is 0 Å².